The first-order chi connectivity index (χ1) is 15.7. The number of carboxylic acid groups (broad SMARTS) is 2. The summed E-state index contributed by atoms with van der Waals surface area (Å²) in [5.41, 5.74) is 10.1. The summed E-state index contributed by atoms with van der Waals surface area (Å²) in [4.78, 5) is 39.8. The number of carbonyl (C=O) groups excluding carboxylic acids is 2. The minimum absolute atomic E-state index is 0.0628. The predicted molar refractivity (Wildman–Crippen MR) is 112 cm³/mol. The van der Waals surface area contributed by atoms with Gasteiger partial charge in [0.25, 0.3) is 0 Å². The van der Waals surface area contributed by atoms with Gasteiger partial charge in [-0.05, 0) is 12.8 Å². The smallest absolute Gasteiger partial charge is 0.303 e. The molecule has 16 heteroatoms. The Morgan fingerprint density at radius 3 is 1.06 bits per heavy atom. The second-order valence-electron chi connectivity index (χ2n) is 6.88. The quantitative estimate of drug-likeness (QED) is 0.0728. The molecule has 0 aromatic rings. The Hall–Kier alpha value is -2.12. The molecule has 16 nitrogen and oxygen atoms in total. The molecule has 0 aliphatic carbocycles. The molecule has 0 amide bonds. The van der Waals surface area contributed by atoms with Crippen LogP contribution in [0.5, 0.6) is 0 Å². The van der Waals surface area contributed by atoms with Gasteiger partial charge in [0.2, 0.25) is 0 Å². The van der Waals surface area contributed by atoms with Crippen LogP contribution in [0.4, 0.5) is 0 Å². The van der Waals surface area contributed by atoms with Gasteiger partial charge in [-0.1, -0.05) is 0 Å². The second-order valence-corrected chi connectivity index (χ2v) is 6.88. The second kappa shape index (κ2) is 21.4. The zero-order valence-electron chi connectivity index (χ0n) is 18.3. The minimum atomic E-state index is -1.62. The number of rotatable bonds is 15. The Morgan fingerprint density at radius 2 is 0.882 bits per heavy atom. The molecule has 14 N–H and O–H groups in total. The molecule has 0 rings (SSSR count). The monoisotopic (exact) mass is 504 g/mol. The van der Waals surface area contributed by atoms with Crippen molar-refractivity contribution in [3.63, 3.8) is 0 Å². The number of hydrogen-bond donors (Lipinski definition) is 12. The number of aliphatic hydroxyl groups is 8. The van der Waals surface area contributed by atoms with Crippen LogP contribution in [0.15, 0.2) is 0 Å². The van der Waals surface area contributed by atoms with Crippen molar-refractivity contribution in [2.75, 3.05) is 13.2 Å². The van der Waals surface area contributed by atoms with Crippen molar-refractivity contribution < 1.29 is 70.2 Å². The van der Waals surface area contributed by atoms with Gasteiger partial charge in [0.05, 0.1) is 25.3 Å². The number of aliphatic carboxylic acids is 2. The fourth-order valence-electron chi connectivity index (χ4n) is 1.84. The van der Waals surface area contributed by atoms with Gasteiger partial charge in [-0.25, -0.2) is 0 Å². The molecule has 0 saturated carbocycles. The summed E-state index contributed by atoms with van der Waals surface area (Å²) < 4.78 is 0. The largest absolute Gasteiger partial charge is 0.481 e. The molecule has 8 atom stereocenters. The molecule has 34 heavy (non-hydrogen) atoms. The van der Waals surface area contributed by atoms with E-state index in [0.29, 0.717) is 12.8 Å². The highest BCUT2D eigenvalue weighted by atomic mass is 16.4. The van der Waals surface area contributed by atoms with Gasteiger partial charge in [-0.2, -0.15) is 0 Å². The molecule has 0 aliphatic heterocycles. The van der Waals surface area contributed by atoms with Crippen molar-refractivity contribution in [2.45, 2.75) is 74.4 Å². The fraction of sp³-hybridized carbons (Fsp3) is 0.778. The summed E-state index contributed by atoms with van der Waals surface area (Å²) in [6.07, 6.45) is -7.84. The lowest BCUT2D eigenvalue weighted by Crippen LogP contribution is -2.49. The summed E-state index contributed by atoms with van der Waals surface area (Å²) in [6, 6.07) is -2.53. The standard InChI is InChI=1S/2C6H13NO5.C6H10O4/c2*7-3(1-8)5(11)6(12)4(10)2-9;7-5(8)3-1-2-4-6(9)10/h2*1,3-6,9-12H,2,7H2;1-4H2,(H,7,8)(H,9,10)/t2*3-,4+,5+,6+;/m00./s1. The average Bonchev–Trinajstić information content (AvgIpc) is 2.83. The highest BCUT2D eigenvalue weighted by Gasteiger charge is 2.29. The molecule has 0 radical (unpaired) electrons. The Labute approximate surface area is 194 Å². The van der Waals surface area contributed by atoms with Gasteiger partial charge in [0, 0.05) is 12.8 Å². The first-order valence-electron chi connectivity index (χ1n) is 9.87. The molecule has 0 heterocycles. The number of aliphatic hydroxyl groups excluding tert-OH is 8. The van der Waals surface area contributed by atoms with E-state index in [2.05, 4.69) is 0 Å². The number of carbonyl (C=O) groups is 4. The summed E-state index contributed by atoms with van der Waals surface area (Å²) in [6.45, 7) is -1.41. The van der Waals surface area contributed by atoms with Crippen LogP contribution in [0.3, 0.4) is 0 Å². The maximum Gasteiger partial charge on any atom is 0.303 e. The lowest BCUT2D eigenvalue weighted by molar-refractivity contribution is -0.139. The van der Waals surface area contributed by atoms with E-state index in [4.69, 9.17) is 62.5 Å². The molecule has 202 valence electrons. The SMILES string of the molecule is N[C@@H](C=O)[C@@H](O)[C@H](O)[C@H](O)CO.N[C@@H](C=O)[C@@H](O)[C@H](O)[C@H](O)CO.O=C(O)CCCCC(=O)O. The predicted octanol–water partition coefficient (Wildman–Crippen LogP) is -6.11. The van der Waals surface area contributed by atoms with Crippen molar-refractivity contribution >= 4 is 24.5 Å². The van der Waals surface area contributed by atoms with E-state index in [-0.39, 0.29) is 25.4 Å². The van der Waals surface area contributed by atoms with Crippen LogP contribution in [-0.4, -0.2) is 137 Å². The molecular weight excluding hydrogens is 468 g/mol. The topological polar surface area (TPSA) is 323 Å². The lowest BCUT2D eigenvalue weighted by Gasteiger charge is -2.23. The maximum absolute atomic E-state index is 10.0. The van der Waals surface area contributed by atoms with E-state index in [1.54, 1.807) is 0 Å². The van der Waals surface area contributed by atoms with Crippen LogP contribution in [0.25, 0.3) is 0 Å². The first kappa shape index (κ1) is 36.4. The van der Waals surface area contributed by atoms with Gasteiger partial charge in [-0.3, -0.25) is 9.59 Å². The summed E-state index contributed by atoms with van der Waals surface area (Å²) in [7, 11) is 0. The Kier molecular flexibility index (Phi) is 23.0. The normalized spacial score (nSPS) is 17.6. The molecular formula is C18H36N2O14. The molecule has 0 saturated heterocycles. The fourth-order valence-corrected chi connectivity index (χ4v) is 1.84. The summed E-state index contributed by atoms with van der Waals surface area (Å²) in [5.74, 6) is -1.74. The number of unbranched alkanes of at least 4 members (excludes halogenated alkanes) is 1. The third-order valence-corrected chi connectivity index (χ3v) is 4.00. The summed E-state index contributed by atoms with van der Waals surface area (Å²) >= 11 is 0. The van der Waals surface area contributed by atoms with E-state index in [0.717, 1.165) is 0 Å². The molecule has 0 aromatic heterocycles. The highest BCUT2D eigenvalue weighted by Crippen LogP contribution is 2.02. The number of hydrogen-bond acceptors (Lipinski definition) is 14. The molecule has 0 aromatic carbocycles. The van der Waals surface area contributed by atoms with Crippen LogP contribution in [0.1, 0.15) is 25.7 Å². The van der Waals surface area contributed by atoms with E-state index < -0.39 is 73.9 Å². The lowest BCUT2D eigenvalue weighted by atomic mass is 10.0. The van der Waals surface area contributed by atoms with Gasteiger partial charge < -0.3 is 72.1 Å². The first-order valence-corrected chi connectivity index (χ1v) is 9.87. The van der Waals surface area contributed by atoms with Crippen molar-refractivity contribution in [3.8, 4) is 0 Å². The van der Waals surface area contributed by atoms with Crippen LogP contribution in [-0.2, 0) is 19.2 Å². The highest BCUT2D eigenvalue weighted by molar-refractivity contribution is 5.67. The zero-order chi connectivity index (χ0) is 27.4. The van der Waals surface area contributed by atoms with E-state index in [9.17, 15) is 19.2 Å². The molecule has 0 fully saturated rings. The number of nitrogens with two attached hydrogens (primary N) is 2. The van der Waals surface area contributed by atoms with Gasteiger partial charge in [-0.15, -0.1) is 0 Å². The number of carboxylic acids is 2. The average molecular weight is 504 g/mol. The minimum Gasteiger partial charge on any atom is -0.481 e. The van der Waals surface area contributed by atoms with E-state index >= 15 is 0 Å². The van der Waals surface area contributed by atoms with Gasteiger partial charge >= 0.3 is 11.9 Å². The van der Waals surface area contributed by atoms with Crippen molar-refractivity contribution in [1.82, 2.24) is 0 Å². The van der Waals surface area contributed by atoms with Gasteiger partial charge in [0.1, 0.15) is 49.2 Å². The van der Waals surface area contributed by atoms with E-state index in [1.807, 2.05) is 0 Å². The van der Waals surface area contributed by atoms with Crippen molar-refractivity contribution in [1.29, 1.82) is 0 Å². The Bertz CT molecular complexity index is 519. The van der Waals surface area contributed by atoms with Gasteiger partial charge in [0.15, 0.2) is 0 Å². The molecule has 0 unspecified atom stereocenters. The van der Waals surface area contributed by atoms with Crippen molar-refractivity contribution in [2.24, 2.45) is 11.5 Å². The summed E-state index contributed by atoms with van der Waals surface area (Å²) in [5, 5.41) is 86.6. The van der Waals surface area contributed by atoms with Crippen LogP contribution >= 0.6 is 0 Å². The Balaban J connectivity index is -0.000000426. The third-order valence-electron chi connectivity index (χ3n) is 4.00. The van der Waals surface area contributed by atoms with E-state index in [1.165, 1.54) is 0 Å². The molecule has 0 aliphatic rings. The zero-order valence-corrected chi connectivity index (χ0v) is 18.3. The molecule has 0 spiro atoms. The maximum atomic E-state index is 10.0. The Morgan fingerprint density at radius 1 is 0.618 bits per heavy atom. The van der Waals surface area contributed by atoms with Crippen LogP contribution in [0, 0.1) is 0 Å². The van der Waals surface area contributed by atoms with Crippen molar-refractivity contribution in [3.05, 3.63) is 0 Å². The third kappa shape index (κ3) is 18.3. The molecule has 0 bridgehead atoms. The van der Waals surface area contributed by atoms with Crippen LogP contribution < -0.4 is 11.5 Å². The van der Waals surface area contributed by atoms with Crippen LogP contribution in [0.2, 0.25) is 0 Å². The number of aldehydes is 2.